The quantitative estimate of drug-likeness (QED) is 0.627. The van der Waals surface area contributed by atoms with Crippen molar-refractivity contribution >= 4 is 5.91 Å². The lowest BCUT2D eigenvalue weighted by atomic mass is 9.85. The SMILES string of the molecule is CNC(C)C(=O)NC(CCO)C(C)(C)C. The van der Waals surface area contributed by atoms with E-state index < -0.39 is 0 Å². The van der Waals surface area contributed by atoms with Gasteiger partial charge in [0.15, 0.2) is 0 Å². The topological polar surface area (TPSA) is 61.4 Å². The minimum Gasteiger partial charge on any atom is -0.396 e. The third-order valence-electron chi connectivity index (χ3n) is 2.61. The number of aliphatic hydroxyl groups excluding tert-OH is 1. The van der Waals surface area contributed by atoms with Gasteiger partial charge in [-0.05, 0) is 25.8 Å². The van der Waals surface area contributed by atoms with Gasteiger partial charge in [-0.2, -0.15) is 0 Å². The summed E-state index contributed by atoms with van der Waals surface area (Å²) < 4.78 is 0. The standard InChI is InChI=1S/C11H24N2O2/c1-8(12-5)10(15)13-9(6-7-14)11(2,3)4/h8-9,12,14H,6-7H2,1-5H3,(H,13,15). The average Bonchev–Trinajstić information content (AvgIpc) is 2.14. The molecule has 0 bridgehead atoms. The third-order valence-corrected chi connectivity index (χ3v) is 2.61. The van der Waals surface area contributed by atoms with Gasteiger partial charge < -0.3 is 15.7 Å². The molecule has 0 aliphatic carbocycles. The molecule has 0 heterocycles. The maximum atomic E-state index is 11.7. The summed E-state index contributed by atoms with van der Waals surface area (Å²) >= 11 is 0. The summed E-state index contributed by atoms with van der Waals surface area (Å²) in [7, 11) is 1.75. The molecule has 4 nitrogen and oxygen atoms in total. The second kappa shape index (κ2) is 6.08. The Morgan fingerprint density at radius 3 is 2.27 bits per heavy atom. The molecule has 15 heavy (non-hydrogen) atoms. The maximum absolute atomic E-state index is 11.7. The fourth-order valence-corrected chi connectivity index (χ4v) is 1.28. The van der Waals surface area contributed by atoms with Crippen LogP contribution >= 0.6 is 0 Å². The second-order valence-electron chi connectivity index (χ2n) is 4.95. The van der Waals surface area contributed by atoms with Crippen LogP contribution in [0.3, 0.4) is 0 Å². The molecular weight excluding hydrogens is 192 g/mol. The van der Waals surface area contributed by atoms with Crippen LogP contribution in [0, 0.1) is 5.41 Å². The molecule has 0 aliphatic heterocycles. The molecule has 0 radical (unpaired) electrons. The van der Waals surface area contributed by atoms with Gasteiger partial charge in [0.05, 0.1) is 6.04 Å². The Morgan fingerprint density at radius 1 is 1.40 bits per heavy atom. The number of hydrogen-bond donors (Lipinski definition) is 3. The van der Waals surface area contributed by atoms with Crippen LogP contribution in [0.2, 0.25) is 0 Å². The van der Waals surface area contributed by atoms with E-state index >= 15 is 0 Å². The van der Waals surface area contributed by atoms with Crippen molar-refractivity contribution in [1.29, 1.82) is 0 Å². The third kappa shape index (κ3) is 5.14. The first-order chi connectivity index (χ1) is 6.82. The molecule has 0 saturated heterocycles. The molecule has 0 rings (SSSR count). The highest BCUT2D eigenvalue weighted by molar-refractivity contribution is 5.81. The highest BCUT2D eigenvalue weighted by Crippen LogP contribution is 2.21. The van der Waals surface area contributed by atoms with Crippen LogP contribution in [0.5, 0.6) is 0 Å². The minimum absolute atomic E-state index is 0.00537. The second-order valence-corrected chi connectivity index (χ2v) is 4.95. The molecule has 2 unspecified atom stereocenters. The molecular formula is C11H24N2O2. The first-order valence-corrected chi connectivity index (χ1v) is 5.41. The zero-order chi connectivity index (χ0) is 12.1. The van der Waals surface area contributed by atoms with Crippen LogP contribution in [0.15, 0.2) is 0 Å². The van der Waals surface area contributed by atoms with Gasteiger partial charge >= 0.3 is 0 Å². The highest BCUT2D eigenvalue weighted by atomic mass is 16.3. The summed E-state index contributed by atoms with van der Waals surface area (Å²) in [5.41, 5.74) is -0.0359. The predicted octanol–water partition coefficient (Wildman–Crippen LogP) is 0.508. The van der Waals surface area contributed by atoms with E-state index in [2.05, 4.69) is 31.4 Å². The molecule has 0 aromatic carbocycles. The van der Waals surface area contributed by atoms with Crippen LogP contribution in [0.4, 0.5) is 0 Å². The lowest BCUT2D eigenvalue weighted by molar-refractivity contribution is -0.124. The van der Waals surface area contributed by atoms with Crippen LogP contribution in [0.25, 0.3) is 0 Å². The zero-order valence-electron chi connectivity index (χ0n) is 10.4. The Hall–Kier alpha value is -0.610. The predicted molar refractivity (Wildman–Crippen MR) is 61.6 cm³/mol. The number of amides is 1. The number of aliphatic hydroxyl groups is 1. The van der Waals surface area contributed by atoms with Crippen molar-refractivity contribution in [1.82, 2.24) is 10.6 Å². The molecule has 2 atom stereocenters. The van der Waals surface area contributed by atoms with Gasteiger partial charge in [-0.15, -0.1) is 0 Å². The van der Waals surface area contributed by atoms with Crippen LogP contribution in [0.1, 0.15) is 34.1 Å². The van der Waals surface area contributed by atoms with Crippen LogP contribution in [-0.2, 0) is 4.79 Å². The monoisotopic (exact) mass is 216 g/mol. The lowest BCUT2D eigenvalue weighted by Crippen LogP contribution is -2.50. The normalized spacial score (nSPS) is 15.9. The molecule has 90 valence electrons. The van der Waals surface area contributed by atoms with E-state index in [9.17, 15) is 4.79 Å². The van der Waals surface area contributed by atoms with E-state index in [4.69, 9.17) is 5.11 Å². The summed E-state index contributed by atoms with van der Waals surface area (Å²) in [6.07, 6.45) is 0.589. The number of nitrogens with one attached hydrogen (secondary N) is 2. The van der Waals surface area contributed by atoms with Crippen LogP contribution < -0.4 is 10.6 Å². The Labute approximate surface area is 92.4 Å². The van der Waals surface area contributed by atoms with Crippen LogP contribution in [-0.4, -0.2) is 36.8 Å². The molecule has 0 fully saturated rings. The van der Waals surface area contributed by atoms with Crippen molar-refractivity contribution in [2.24, 2.45) is 5.41 Å². The van der Waals surface area contributed by atoms with E-state index in [0.29, 0.717) is 6.42 Å². The number of rotatable bonds is 5. The van der Waals surface area contributed by atoms with E-state index in [1.54, 1.807) is 7.05 Å². The van der Waals surface area contributed by atoms with Gasteiger partial charge in [0.2, 0.25) is 5.91 Å². The largest absolute Gasteiger partial charge is 0.396 e. The van der Waals surface area contributed by atoms with E-state index in [-0.39, 0.29) is 30.0 Å². The van der Waals surface area contributed by atoms with Gasteiger partial charge in [0.1, 0.15) is 0 Å². The Morgan fingerprint density at radius 2 is 1.93 bits per heavy atom. The Balaban J connectivity index is 4.35. The molecule has 0 aromatic rings. The van der Waals surface area contributed by atoms with Crippen molar-refractivity contribution in [3.05, 3.63) is 0 Å². The van der Waals surface area contributed by atoms with E-state index in [1.165, 1.54) is 0 Å². The zero-order valence-corrected chi connectivity index (χ0v) is 10.4. The van der Waals surface area contributed by atoms with Gasteiger partial charge in [0.25, 0.3) is 0 Å². The summed E-state index contributed by atoms with van der Waals surface area (Å²) in [4.78, 5) is 11.7. The summed E-state index contributed by atoms with van der Waals surface area (Å²) in [6, 6.07) is -0.195. The Kier molecular flexibility index (Phi) is 5.83. The molecule has 4 heteroatoms. The number of carbonyl (C=O) groups excluding carboxylic acids is 1. The van der Waals surface area contributed by atoms with Crippen molar-refractivity contribution in [2.45, 2.75) is 46.2 Å². The smallest absolute Gasteiger partial charge is 0.237 e. The molecule has 0 saturated carbocycles. The molecule has 1 amide bonds. The van der Waals surface area contributed by atoms with Crippen molar-refractivity contribution in [3.63, 3.8) is 0 Å². The van der Waals surface area contributed by atoms with Gasteiger partial charge in [-0.3, -0.25) is 4.79 Å². The van der Waals surface area contributed by atoms with E-state index in [0.717, 1.165) is 0 Å². The van der Waals surface area contributed by atoms with Gasteiger partial charge in [-0.25, -0.2) is 0 Å². The van der Waals surface area contributed by atoms with Crippen molar-refractivity contribution in [2.75, 3.05) is 13.7 Å². The molecule has 0 aromatic heterocycles. The maximum Gasteiger partial charge on any atom is 0.237 e. The molecule has 0 spiro atoms. The molecule has 3 N–H and O–H groups in total. The van der Waals surface area contributed by atoms with Gasteiger partial charge in [0, 0.05) is 12.6 Å². The number of likely N-dealkylation sites (N-methyl/N-ethyl adjacent to an activating group) is 1. The molecule has 0 aliphatic rings. The summed E-state index contributed by atoms with van der Waals surface area (Å²) in [5, 5.41) is 14.8. The highest BCUT2D eigenvalue weighted by Gasteiger charge is 2.26. The van der Waals surface area contributed by atoms with Gasteiger partial charge in [-0.1, -0.05) is 20.8 Å². The summed E-state index contributed by atoms with van der Waals surface area (Å²) in [5.74, 6) is -0.0223. The Bertz CT molecular complexity index is 199. The minimum atomic E-state index is -0.200. The fourth-order valence-electron chi connectivity index (χ4n) is 1.28. The van der Waals surface area contributed by atoms with E-state index in [1.807, 2.05) is 6.92 Å². The number of carbonyl (C=O) groups is 1. The first-order valence-electron chi connectivity index (χ1n) is 5.41. The lowest BCUT2D eigenvalue weighted by Gasteiger charge is -2.32. The van der Waals surface area contributed by atoms with Crippen molar-refractivity contribution < 1.29 is 9.90 Å². The fraction of sp³-hybridized carbons (Fsp3) is 0.909. The van der Waals surface area contributed by atoms with Crippen molar-refractivity contribution in [3.8, 4) is 0 Å². The first kappa shape index (κ1) is 14.4. The average molecular weight is 216 g/mol. The number of hydrogen-bond acceptors (Lipinski definition) is 3. The summed E-state index contributed by atoms with van der Waals surface area (Å²) in [6.45, 7) is 8.07.